The Balaban J connectivity index is 1.19. The maximum Gasteiger partial charge on any atom is 0.321 e. The van der Waals surface area contributed by atoms with Gasteiger partial charge in [-0.2, -0.15) is 0 Å². The van der Waals surface area contributed by atoms with Gasteiger partial charge in [0.1, 0.15) is 5.82 Å². The lowest BCUT2D eigenvalue weighted by atomic mass is 9.96. The molecular formula is C20H24N6O2S. The number of imide groups is 1. The van der Waals surface area contributed by atoms with E-state index in [1.54, 1.807) is 11.3 Å². The fourth-order valence-corrected chi connectivity index (χ4v) is 4.36. The minimum absolute atomic E-state index is 0.228. The Labute approximate surface area is 172 Å². The first kappa shape index (κ1) is 19.5. The lowest BCUT2D eigenvalue weighted by Crippen LogP contribution is -2.46. The van der Waals surface area contributed by atoms with Gasteiger partial charge in [0, 0.05) is 23.5 Å². The molecule has 4 rings (SSSR count). The van der Waals surface area contributed by atoms with Crippen LogP contribution in [0.15, 0.2) is 41.9 Å². The van der Waals surface area contributed by atoms with Gasteiger partial charge in [0.05, 0.1) is 6.54 Å². The van der Waals surface area contributed by atoms with Crippen LogP contribution in [0.1, 0.15) is 29.5 Å². The highest BCUT2D eigenvalue weighted by Gasteiger charge is 2.25. The molecule has 0 aromatic carbocycles. The van der Waals surface area contributed by atoms with Crippen LogP contribution < -0.4 is 10.6 Å². The van der Waals surface area contributed by atoms with Crippen LogP contribution in [0.3, 0.4) is 0 Å². The lowest BCUT2D eigenvalue weighted by Gasteiger charge is -2.30. The summed E-state index contributed by atoms with van der Waals surface area (Å²) in [7, 11) is 0. The fourth-order valence-electron chi connectivity index (χ4n) is 3.66. The second-order valence-electron chi connectivity index (χ2n) is 7.17. The van der Waals surface area contributed by atoms with E-state index in [9.17, 15) is 9.59 Å². The zero-order valence-electron chi connectivity index (χ0n) is 16.1. The number of urea groups is 1. The number of hydrogen-bond acceptors (Lipinski definition) is 6. The molecule has 8 nitrogen and oxygen atoms in total. The number of thiophene rings is 1. The molecule has 3 aromatic heterocycles. The van der Waals surface area contributed by atoms with Crippen molar-refractivity contribution in [3.63, 3.8) is 0 Å². The number of rotatable bonds is 6. The summed E-state index contributed by atoms with van der Waals surface area (Å²) in [5, 5.41) is 15.7. The van der Waals surface area contributed by atoms with Crippen LogP contribution in [0.2, 0.25) is 0 Å². The summed E-state index contributed by atoms with van der Waals surface area (Å²) in [6, 6.07) is 9.45. The molecule has 1 saturated heterocycles. The molecule has 3 amide bonds. The maximum atomic E-state index is 12.2. The first-order valence-electron chi connectivity index (χ1n) is 9.81. The van der Waals surface area contributed by atoms with Crippen molar-refractivity contribution < 1.29 is 9.59 Å². The van der Waals surface area contributed by atoms with Crippen LogP contribution in [0, 0.1) is 0 Å². The van der Waals surface area contributed by atoms with Crippen LogP contribution in [0.5, 0.6) is 0 Å². The topological polar surface area (TPSA) is 91.6 Å². The van der Waals surface area contributed by atoms with Crippen molar-refractivity contribution >= 4 is 28.9 Å². The van der Waals surface area contributed by atoms with E-state index in [0.29, 0.717) is 12.5 Å². The number of carbonyl (C=O) groups is 2. The van der Waals surface area contributed by atoms with Gasteiger partial charge in [-0.15, -0.1) is 21.5 Å². The van der Waals surface area contributed by atoms with Gasteiger partial charge in [0.25, 0.3) is 0 Å². The predicted octanol–water partition coefficient (Wildman–Crippen LogP) is 2.04. The summed E-state index contributed by atoms with van der Waals surface area (Å²) >= 11 is 1.66. The SMILES string of the molecule is O=C(CN1CCC(c2nnc3ccccn23)CC1)NC(=O)NCCc1cccs1. The van der Waals surface area contributed by atoms with Crippen LogP contribution in [-0.4, -0.2) is 57.6 Å². The fraction of sp³-hybridized carbons (Fsp3) is 0.400. The average molecular weight is 413 g/mol. The third-order valence-corrected chi connectivity index (χ3v) is 6.09. The molecule has 0 spiro atoms. The predicted molar refractivity (Wildman–Crippen MR) is 111 cm³/mol. The summed E-state index contributed by atoms with van der Waals surface area (Å²) in [6.45, 7) is 2.32. The van der Waals surface area contributed by atoms with E-state index in [4.69, 9.17) is 0 Å². The van der Waals surface area contributed by atoms with E-state index in [2.05, 4.69) is 25.7 Å². The van der Waals surface area contributed by atoms with Gasteiger partial charge in [-0.3, -0.25) is 19.4 Å². The number of hydrogen-bond donors (Lipinski definition) is 2. The number of amides is 3. The number of fused-ring (bicyclic) bond motifs is 1. The van der Waals surface area contributed by atoms with E-state index in [-0.39, 0.29) is 12.5 Å². The van der Waals surface area contributed by atoms with Crippen molar-refractivity contribution in [3.05, 3.63) is 52.6 Å². The Morgan fingerprint density at radius 2 is 2.00 bits per heavy atom. The quantitative estimate of drug-likeness (QED) is 0.647. The Kier molecular flexibility index (Phi) is 6.16. The zero-order valence-corrected chi connectivity index (χ0v) is 16.9. The molecule has 0 radical (unpaired) electrons. The van der Waals surface area contributed by atoms with Gasteiger partial charge >= 0.3 is 6.03 Å². The van der Waals surface area contributed by atoms with Crippen molar-refractivity contribution in [2.45, 2.75) is 25.2 Å². The maximum absolute atomic E-state index is 12.2. The summed E-state index contributed by atoms with van der Waals surface area (Å²) in [5.41, 5.74) is 0.856. The third-order valence-electron chi connectivity index (χ3n) is 5.15. The van der Waals surface area contributed by atoms with Crippen molar-refractivity contribution in [1.29, 1.82) is 0 Å². The average Bonchev–Trinajstić information content (AvgIpc) is 3.38. The Hall–Kier alpha value is -2.78. The van der Waals surface area contributed by atoms with Gasteiger partial charge in [-0.25, -0.2) is 4.79 Å². The molecule has 29 heavy (non-hydrogen) atoms. The van der Waals surface area contributed by atoms with Crippen molar-refractivity contribution in [1.82, 2.24) is 30.1 Å². The number of piperidine rings is 1. The summed E-state index contributed by atoms with van der Waals surface area (Å²) in [6.07, 6.45) is 4.58. The summed E-state index contributed by atoms with van der Waals surface area (Å²) < 4.78 is 2.04. The molecule has 4 heterocycles. The molecule has 1 fully saturated rings. The molecule has 0 atom stereocenters. The Morgan fingerprint density at radius 3 is 2.79 bits per heavy atom. The van der Waals surface area contributed by atoms with Gasteiger partial charge in [0.15, 0.2) is 5.65 Å². The minimum atomic E-state index is -0.434. The first-order chi connectivity index (χ1) is 14.2. The monoisotopic (exact) mass is 412 g/mol. The van der Waals surface area contributed by atoms with Crippen LogP contribution in [0.25, 0.3) is 5.65 Å². The van der Waals surface area contributed by atoms with E-state index in [1.807, 2.05) is 46.3 Å². The Morgan fingerprint density at radius 1 is 1.14 bits per heavy atom. The highest BCUT2D eigenvalue weighted by Crippen LogP contribution is 2.26. The molecule has 0 bridgehead atoms. The van der Waals surface area contributed by atoms with E-state index in [1.165, 1.54) is 4.88 Å². The number of carbonyl (C=O) groups excluding carboxylic acids is 2. The Bertz CT molecular complexity index is 962. The number of likely N-dealkylation sites (tertiary alicyclic amines) is 1. The van der Waals surface area contributed by atoms with Gasteiger partial charge < -0.3 is 5.32 Å². The molecule has 0 aliphatic carbocycles. The van der Waals surface area contributed by atoms with Gasteiger partial charge in [0.2, 0.25) is 5.91 Å². The molecular weight excluding hydrogens is 388 g/mol. The van der Waals surface area contributed by atoms with Crippen molar-refractivity contribution in [2.75, 3.05) is 26.2 Å². The van der Waals surface area contributed by atoms with Gasteiger partial charge in [-0.05, 0) is 55.9 Å². The number of aromatic nitrogens is 3. The third kappa shape index (κ3) is 4.99. The molecule has 1 aliphatic heterocycles. The number of nitrogens with one attached hydrogen (secondary N) is 2. The molecule has 1 aliphatic rings. The first-order valence-corrected chi connectivity index (χ1v) is 10.7. The molecule has 3 aromatic rings. The highest BCUT2D eigenvalue weighted by molar-refractivity contribution is 7.09. The normalized spacial score (nSPS) is 15.4. The number of nitrogens with zero attached hydrogens (tertiary/aromatic N) is 4. The summed E-state index contributed by atoms with van der Waals surface area (Å²) in [5.74, 6) is 1.03. The van der Waals surface area contributed by atoms with Crippen LogP contribution in [0.4, 0.5) is 4.79 Å². The molecule has 9 heteroatoms. The van der Waals surface area contributed by atoms with E-state index < -0.39 is 6.03 Å². The second kappa shape index (κ2) is 9.15. The van der Waals surface area contributed by atoms with Crippen LogP contribution in [-0.2, 0) is 11.2 Å². The smallest absolute Gasteiger partial charge is 0.321 e. The summed E-state index contributed by atoms with van der Waals surface area (Å²) in [4.78, 5) is 27.3. The molecule has 152 valence electrons. The lowest BCUT2D eigenvalue weighted by molar-refractivity contribution is -0.121. The highest BCUT2D eigenvalue weighted by atomic mass is 32.1. The second-order valence-corrected chi connectivity index (χ2v) is 8.20. The zero-order chi connectivity index (χ0) is 20.1. The van der Waals surface area contributed by atoms with Crippen LogP contribution >= 0.6 is 11.3 Å². The molecule has 2 N–H and O–H groups in total. The van der Waals surface area contributed by atoms with Crippen molar-refractivity contribution in [3.8, 4) is 0 Å². The molecule has 0 unspecified atom stereocenters. The molecule has 0 saturated carbocycles. The minimum Gasteiger partial charge on any atom is -0.337 e. The van der Waals surface area contributed by atoms with E-state index >= 15 is 0 Å². The number of pyridine rings is 1. The van der Waals surface area contributed by atoms with E-state index in [0.717, 1.165) is 43.8 Å². The van der Waals surface area contributed by atoms with Gasteiger partial charge in [-0.1, -0.05) is 12.1 Å². The standard InChI is InChI=1S/C20H24N6O2S/c27-18(22-20(28)21-9-6-16-4-3-13-29-16)14-25-11-7-15(8-12-25)19-24-23-17-5-1-2-10-26(17)19/h1-5,10,13,15H,6-9,11-12,14H2,(H2,21,22,27,28). The largest absolute Gasteiger partial charge is 0.337 e. The van der Waals surface area contributed by atoms with Crippen molar-refractivity contribution in [2.24, 2.45) is 0 Å².